The van der Waals surface area contributed by atoms with Crippen molar-refractivity contribution in [3.05, 3.63) is 38.6 Å². The van der Waals surface area contributed by atoms with Crippen LogP contribution in [-0.2, 0) is 18.9 Å². The summed E-state index contributed by atoms with van der Waals surface area (Å²) in [6.45, 7) is 11.1. The van der Waals surface area contributed by atoms with Crippen molar-refractivity contribution in [1.29, 1.82) is 5.41 Å². The second-order valence-corrected chi connectivity index (χ2v) is 13.6. The standard InChI is InChI=1S/C28H43BN6O6S/c1-17(2)13-23(29-40-22-15-19-14-21(27(19,3)4)28(22,5)41-29)33-25(37)20(7-6-11-31-26(30)34-35(38)39)32-24(36)9-8-18-10-12-42-16-18/h8-10,12,16-17,19-23H,6-7,11,13-15H2,1-5H3,(H,32,36)(H,33,37)(H3,30,31,34)/b9-8+/t19-,20-,21-,22+,23-,28-/m0/s1. The van der Waals surface area contributed by atoms with Gasteiger partial charge >= 0.3 is 7.12 Å². The van der Waals surface area contributed by atoms with E-state index in [-0.39, 0.29) is 36.3 Å². The number of carbonyl (C=O) groups is 2. The summed E-state index contributed by atoms with van der Waals surface area (Å²) in [5, 5.41) is 29.6. The van der Waals surface area contributed by atoms with Crippen molar-refractivity contribution >= 4 is 42.3 Å². The molecule has 2 heterocycles. The first-order valence-electron chi connectivity index (χ1n) is 14.7. The van der Waals surface area contributed by atoms with E-state index in [9.17, 15) is 19.7 Å². The van der Waals surface area contributed by atoms with Gasteiger partial charge in [0.05, 0.1) is 17.6 Å². The molecular weight excluding hydrogens is 559 g/mol. The highest BCUT2D eigenvalue weighted by Crippen LogP contribution is 2.65. The number of guanidine groups is 1. The molecule has 2 amide bonds. The van der Waals surface area contributed by atoms with Crippen molar-refractivity contribution in [2.45, 2.75) is 90.4 Å². The molecule has 42 heavy (non-hydrogen) atoms. The Kier molecular flexibility index (Phi) is 9.99. The zero-order valence-corrected chi connectivity index (χ0v) is 25.8. The number of hydrazine groups is 1. The van der Waals surface area contributed by atoms with Crippen LogP contribution < -0.4 is 21.4 Å². The van der Waals surface area contributed by atoms with Gasteiger partial charge in [-0.05, 0) is 90.7 Å². The lowest BCUT2D eigenvalue weighted by atomic mass is 9.43. The van der Waals surface area contributed by atoms with Gasteiger partial charge in [0.25, 0.3) is 5.96 Å². The van der Waals surface area contributed by atoms with E-state index in [4.69, 9.17) is 14.7 Å². The largest absolute Gasteiger partial charge is 0.481 e. The number of hydrogen-bond acceptors (Lipinski definition) is 8. The van der Waals surface area contributed by atoms with E-state index in [1.54, 1.807) is 11.5 Å². The van der Waals surface area contributed by atoms with Gasteiger partial charge in [-0.3, -0.25) is 15.0 Å². The van der Waals surface area contributed by atoms with Gasteiger partial charge < -0.3 is 25.3 Å². The molecule has 3 aliphatic carbocycles. The predicted octanol–water partition coefficient (Wildman–Crippen LogP) is 3.13. The van der Waals surface area contributed by atoms with Crippen LogP contribution in [0.5, 0.6) is 0 Å². The molecule has 14 heteroatoms. The lowest BCUT2D eigenvalue weighted by molar-refractivity contribution is -0.525. The third kappa shape index (κ3) is 7.32. The number of thiophene rings is 1. The van der Waals surface area contributed by atoms with Crippen molar-refractivity contribution in [3.8, 4) is 0 Å². The van der Waals surface area contributed by atoms with Crippen molar-refractivity contribution in [1.82, 2.24) is 21.4 Å². The minimum atomic E-state index is -0.871. The number of rotatable bonds is 13. The van der Waals surface area contributed by atoms with Crippen LogP contribution in [0.25, 0.3) is 6.08 Å². The topological polar surface area (TPSA) is 168 Å². The first-order chi connectivity index (χ1) is 19.8. The van der Waals surface area contributed by atoms with Crippen LogP contribution in [0.15, 0.2) is 22.9 Å². The molecule has 1 aromatic heterocycles. The molecule has 0 radical (unpaired) electrons. The van der Waals surface area contributed by atoms with Gasteiger partial charge in [-0.15, -0.1) is 0 Å². The summed E-state index contributed by atoms with van der Waals surface area (Å²) in [6, 6.07) is 1.02. The molecule has 1 saturated heterocycles. The molecule has 1 aliphatic heterocycles. The number of nitrogens with zero attached hydrogens (tertiary/aromatic N) is 1. The molecule has 0 unspecified atom stereocenters. The summed E-state index contributed by atoms with van der Waals surface area (Å²) < 4.78 is 13.2. The molecule has 1 aromatic rings. The van der Waals surface area contributed by atoms with Gasteiger partial charge in [-0.1, -0.05) is 33.1 Å². The first kappa shape index (κ1) is 32.0. The van der Waals surface area contributed by atoms with E-state index in [0.29, 0.717) is 24.7 Å². The number of nitrogens with one attached hydrogen (secondary N) is 5. The Labute approximate surface area is 251 Å². The molecule has 6 atom stereocenters. The first-order valence-corrected chi connectivity index (χ1v) is 15.6. The van der Waals surface area contributed by atoms with Crippen LogP contribution in [0.3, 0.4) is 0 Å². The Bertz CT molecular complexity index is 1180. The molecule has 2 bridgehead atoms. The van der Waals surface area contributed by atoms with Gasteiger partial charge in [-0.25, -0.2) is 10.1 Å². The van der Waals surface area contributed by atoms with E-state index < -0.39 is 41.6 Å². The highest BCUT2D eigenvalue weighted by molar-refractivity contribution is 7.08. The zero-order chi connectivity index (χ0) is 30.7. The minimum Gasteiger partial charge on any atom is -0.404 e. The number of amides is 2. The fourth-order valence-corrected chi connectivity index (χ4v) is 7.41. The van der Waals surface area contributed by atoms with E-state index in [1.165, 1.54) is 17.4 Å². The van der Waals surface area contributed by atoms with Crippen molar-refractivity contribution < 1.29 is 23.9 Å². The highest BCUT2D eigenvalue weighted by atomic mass is 32.1. The third-order valence-electron chi connectivity index (χ3n) is 9.13. The fraction of sp³-hybridized carbons (Fsp3) is 0.679. The summed E-state index contributed by atoms with van der Waals surface area (Å²) in [4.78, 5) is 37.0. The Balaban J connectivity index is 1.42. The average Bonchev–Trinajstić information content (AvgIpc) is 3.55. The van der Waals surface area contributed by atoms with Crippen LogP contribution in [0.2, 0.25) is 0 Å². The van der Waals surface area contributed by atoms with E-state index in [1.807, 2.05) is 16.8 Å². The second-order valence-electron chi connectivity index (χ2n) is 12.8. The average molecular weight is 603 g/mol. The monoisotopic (exact) mass is 602 g/mol. The molecule has 5 rings (SSSR count). The number of nitro groups is 1. The summed E-state index contributed by atoms with van der Waals surface area (Å²) >= 11 is 1.52. The normalized spacial score (nSPS) is 27.1. The third-order valence-corrected chi connectivity index (χ3v) is 9.83. The maximum Gasteiger partial charge on any atom is 0.481 e. The van der Waals surface area contributed by atoms with E-state index in [2.05, 4.69) is 50.6 Å². The number of hydrogen-bond donors (Lipinski definition) is 5. The van der Waals surface area contributed by atoms with Gasteiger partial charge in [0.2, 0.25) is 11.8 Å². The van der Waals surface area contributed by atoms with Crippen molar-refractivity contribution in [2.75, 3.05) is 6.54 Å². The SMILES string of the molecule is CC(C)C[C@H](NC(=O)[C@H](CCCNC(=N)N[N+](=O)[O-])NC(=O)/C=C/c1ccsc1)B1O[C@@H]2C[C@@H]3C[C@@H](C3(C)C)[C@]2(C)O1. The second kappa shape index (κ2) is 13.1. The molecule has 4 fully saturated rings. The summed E-state index contributed by atoms with van der Waals surface area (Å²) in [5.74, 6) is -0.358. The Morgan fingerprint density at radius 3 is 2.69 bits per heavy atom. The van der Waals surface area contributed by atoms with Crippen molar-refractivity contribution in [2.24, 2.45) is 23.2 Å². The Hall–Kier alpha value is -2.97. The summed E-state index contributed by atoms with van der Waals surface area (Å²) in [6.07, 6.45) is 6.40. The predicted molar refractivity (Wildman–Crippen MR) is 162 cm³/mol. The molecule has 3 saturated carbocycles. The number of carbonyl (C=O) groups excluding carboxylic acids is 2. The maximum absolute atomic E-state index is 13.7. The smallest absolute Gasteiger partial charge is 0.404 e. The van der Waals surface area contributed by atoms with Crippen LogP contribution in [0.1, 0.15) is 72.3 Å². The highest BCUT2D eigenvalue weighted by Gasteiger charge is 2.68. The van der Waals surface area contributed by atoms with Crippen LogP contribution in [-0.4, -0.2) is 60.2 Å². The van der Waals surface area contributed by atoms with Gasteiger partial charge in [0.1, 0.15) is 6.04 Å². The van der Waals surface area contributed by atoms with E-state index in [0.717, 1.165) is 18.4 Å². The lowest BCUT2D eigenvalue weighted by Gasteiger charge is -2.64. The van der Waals surface area contributed by atoms with Crippen molar-refractivity contribution in [3.63, 3.8) is 0 Å². The van der Waals surface area contributed by atoms with Gasteiger partial charge in [0.15, 0.2) is 5.03 Å². The molecule has 4 aliphatic rings. The molecule has 0 spiro atoms. The van der Waals surface area contributed by atoms with E-state index >= 15 is 0 Å². The summed E-state index contributed by atoms with van der Waals surface area (Å²) in [7, 11) is -0.591. The maximum atomic E-state index is 13.7. The molecule has 0 aromatic carbocycles. The van der Waals surface area contributed by atoms with Crippen LogP contribution >= 0.6 is 11.3 Å². The molecular formula is C28H43BN6O6S. The van der Waals surface area contributed by atoms with Crippen LogP contribution in [0.4, 0.5) is 0 Å². The zero-order valence-electron chi connectivity index (χ0n) is 25.0. The van der Waals surface area contributed by atoms with Gasteiger partial charge in [0, 0.05) is 12.6 Å². The quantitative estimate of drug-likeness (QED) is 0.0437. The van der Waals surface area contributed by atoms with Gasteiger partial charge in [-0.2, -0.15) is 11.3 Å². The fourth-order valence-electron chi connectivity index (χ4n) is 6.78. The molecule has 230 valence electrons. The Morgan fingerprint density at radius 2 is 2.05 bits per heavy atom. The minimum absolute atomic E-state index is 0.0160. The molecule has 12 nitrogen and oxygen atoms in total. The lowest BCUT2D eigenvalue weighted by Crippen LogP contribution is -2.65. The summed E-state index contributed by atoms with van der Waals surface area (Å²) in [5.41, 5.74) is 2.42. The van der Waals surface area contributed by atoms with Crippen LogP contribution in [0, 0.1) is 38.7 Å². The molecule has 5 N–H and O–H groups in total. The Morgan fingerprint density at radius 1 is 1.29 bits per heavy atom.